The van der Waals surface area contributed by atoms with Crippen molar-refractivity contribution in [3.63, 3.8) is 0 Å². The number of aromatic nitrogens is 3. The highest BCUT2D eigenvalue weighted by Crippen LogP contribution is 2.38. The van der Waals surface area contributed by atoms with Crippen molar-refractivity contribution < 1.29 is 18.0 Å². The number of nitriles is 1. The quantitative estimate of drug-likeness (QED) is 0.628. The number of rotatable bonds is 5. The first-order valence-corrected chi connectivity index (χ1v) is 10.8. The number of hydrogen-bond acceptors (Lipinski definition) is 6. The highest BCUT2D eigenvalue weighted by atomic mass is 19.4. The van der Waals surface area contributed by atoms with Crippen LogP contribution in [0, 0.1) is 17.2 Å². The fourth-order valence-electron chi connectivity index (χ4n) is 4.12. The molecule has 2 aromatic rings. The van der Waals surface area contributed by atoms with Crippen molar-refractivity contribution in [1.29, 1.82) is 5.26 Å². The van der Waals surface area contributed by atoms with Crippen LogP contribution in [0.1, 0.15) is 37.3 Å². The van der Waals surface area contributed by atoms with E-state index in [1.807, 2.05) is 17.9 Å². The van der Waals surface area contributed by atoms with Crippen LogP contribution in [0.2, 0.25) is 0 Å². The number of fused-ring (bicyclic) bond motifs is 1. The van der Waals surface area contributed by atoms with Crippen molar-refractivity contribution >= 4 is 23.7 Å². The van der Waals surface area contributed by atoms with Gasteiger partial charge in [0.1, 0.15) is 11.9 Å². The molecule has 2 aliphatic heterocycles. The standard InChI is InChI=1S/C22H24F3N7O/c1-2-18(33)32-5-3-13(4-6-32)9-29-21-30-10-14(8-26)19(31-21)17-12-28-20-16(17)7-15(11-27-20)22(23,24)25/h7,10,12-13,27-28H,2-6,9,11H2,1H3,(H,29,30,31). The molecule has 33 heavy (non-hydrogen) atoms. The maximum absolute atomic E-state index is 13.2. The number of piperidine rings is 1. The third-order valence-corrected chi connectivity index (χ3v) is 6.04. The fourth-order valence-corrected chi connectivity index (χ4v) is 4.12. The molecule has 1 fully saturated rings. The van der Waals surface area contributed by atoms with Crippen LogP contribution >= 0.6 is 0 Å². The molecule has 11 heteroatoms. The molecule has 0 aromatic carbocycles. The second-order valence-electron chi connectivity index (χ2n) is 8.14. The number of halogens is 3. The summed E-state index contributed by atoms with van der Waals surface area (Å²) >= 11 is 0. The summed E-state index contributed by atoms with van der Waals surface area (Å²) in [6.07, 6.45) is 1.78. The van der Waals surface area contributed by atoms with Gasteiger partial charge in [-0.15, -0.1) is 0 Å². The van der Waals surface area contributed by atoms with E-state index < -0.39 is 11.7 Å². The molecule has 8 nitrogen and oxygen atoms in total. The average Bonchev–Trinajstić information content (AvgIpc) is 3.25. The average molecular weight is 459 g/mol. The summed E-state index contributed by atoms with van der Waals surface area (Å²) in [5, 5.41) is 15.4. The molecule has 0 spiro atoms. The Labute approximate surface area is 188 Å². The molecule has 4 rings (SSSR count). The van der Waals surface area contributed by atoms with Crippen LogP contribution in [0.5, 0.6) is 0 Å². The predicted octanol–water partition coefficient (Wildman–Crippen LogP) is 3.78. The van der Waals surface area contributed by atoms with Crippen molar-refractivity contribution in [2.45, 2.75) is 32.4 Å². The predicted molar refractivity (Wildman–Crippen MR) is 117 cm³/mol. The third kappa shape index (κ3) is 4.79. The van der Waals surface area contributed by atoms with Gasteiger partial charge in [-0.2, -0.15) is 18.4 Å². The number of anilines is 2. The first kappa shape index (κ1) is 22.6. The summed E-state index contributed by atoms with van der Waals surface area (Å²) in [5.74, 6) is 1.25. The number of amides is 1. The normalized spacial score (nSPS) is 16.5. The second-order valence-corrected chi connectivity index (χ2v) is 8.14. The molecular formula is C22H24F3N7O. The molecule has 2 aliphatic rings. The summed E-state index contributed by atoms with van der Waals surface area (Å²) in [6, 6.07) is 2.02. The minimum absolute atomic E-state index is 0.161. The minimum atomic E-state index is -4.45. The Morgan fingerprint density at radius 1 is 1.36 bits per heavy atom. The Morgan fingerprint density at radius 3 is 2.79 bits per heavy atom. The molecule has 0 saturated carbocycles. The molecule has 1 saturated heterocycles. The van der Waals surface area contributed by atoms with Gasteiger partial charge in [0.15, 0.2) is 0 Å². The van der Waals surface area contributed by atoms with Crippen molar-refractivity contribution in [2.24, 2.45) is 5.92 Å². The van der Waals surface area contributed by atoms with Gasteiger partial charge in [-0.1, -0.05) is 6.92 Å². The number of likely N-dealkylation sites (tertiary alicyclic amines) is 1. The zero-order chi connectivity index (χ0) is 23.6. The van der Waals surface area contributed by atoms with Gasteiger partial charge in [0.2, 0.25) is 11.9 Å². The number of carbonyl (C=O) groups excluding carboxylic acids is 1. The maximum Gasteiger partial charge on any atom is 0.414 e. The summed E-state index contributed by atoms with van der Waals surface area (Å²) in [7, 11) is 0. The fraction of sp³-hybridized carbons (Fsp3) is 0.455. The molecular weight excluding hydrogens is 435 g/mol. The van der Waals surface area contributed by atoms with Crippen molar-refractivity contribution in [3.8, 4) is 17.3 Å². The van der Waals surface area contributed by atoms with Gasteiger partial charge in [-0.25, -0.2) is 9.97 Å². The Hall–Kier alpha value is -3.55. The zero-order valence-corrected chi connectivity index (χ0v) is 18.1. The molecule has 0 atom stereocenters. The number of H-pyrrole nitrogens is 1. The van der Waals surface area contributed by atoms with Crippen LogP contribution in [-0.2, 0) is 4.79 Å². The van der Waals surface area contributed by atoms with Crippen LogP contribution < -0.4 is 10.6 Å². The lowest BCUT2D eigenvalue weighted by atomic mass is 9.96. The monoisotopic (exact) mass is 459 g/mol. The Morgan fingerprint density at radius 2 is 2.12 bits per heavy atom. The van der Waals surface area contributed by atoms with Gasteiger partial charge in [-0.3, -0.25) is 4.79 Å². The molecule has 0 aliphatic carbocycles. The van der Waals surface area contributed by atoms with Crippen LogP contribution in [0.4, 0.5) is 24.9 Å². The summed E-state index contributed by atoms with van der Waals surface area (Å²) in [6.45, 7) is 3.56. The van der Waals surface area contributed by atoms with Gasteiger partial charge in [0, 0.05) is 49.9 Å². The minimum Gasteiger partial charge on any atom is -0.367 e. The second kappa shape index (κ2) is 9.13. The van der Waals surface area contributed by atoms with Crippen LogP contribution in [-0.4, -0.2) is 58.1 Å². The van der Waals surface area contributed by atoms with E-state index in [0.717, 1.165) is 32.0 Å². The highest BCUT2D eigenvalue weighted by molar-refractivity contribution is 5.85. The highest BCUT2D eigenvalue weighted by Gasteiger charge is 2.36. The van der Waals surface area contributed by atoms with E-state index in [9.17, 15) is 23.2 Å². The first-order chi connectivity index (χ1) is 15.8. The molecule has 0 unspecified atom stereocenters. The zero-order valence-electron chi connectivity index (χ0n) is 18.1. The largest absolute Gasteiger partial charge is 0.414 e. The SMILES string of the molecule is CCC(=O)N1CCC(CNc2ncc(C#N)c(-c3c[nH]c4c3C=C(C(F)(F)F)CN4)n2)CC1. The third-order valence-electron chi connectivity index (χ3n) is 6.04. The molecule has 0 radical (unpaired) electrons. The van der Waals surface area contributed by atoms with Gasteiger partial charge in [0.05, 0.1) is 23.0 Å². The maximum atomic E-state index is 13.2. The van der Waals surface area contributed by atoms with E-state index in [0.29, 0.717) is 41.8 Å². The lowest BCUT2D eigenvalue weighted by molar-refractivity contribution is -0.132. The van der Waals surface area contributed by atoms with Crippen molar-refractivity contribution in [1.82, 2.24) is 19.9 Å². The van der Waals surface area contributed by atoms with Crippen LogP contribution in [0.15, 0.2) is 18.0 Å². The van der Waals surface area contributed by atoms with E-state index in [2.05, 4.69) is 25.6 Å². The summed E-state index contributed by atoms with van der Waals surface area (Å²) < 4.78 is 39.7. The molecule has 3 N–H and O–H groups in total. The number of nitrogens with one attached hydrogen (secondary N) is 3. The lowest BCUT2D eigenvalue weighted by Gasteiger charge is -2.32. The molecule has 174 valence electrons. The molecule has 2 aromatic heterocycles. The van der Waals surface area contributed by atoms with Gasteiger partial charge < -0.3 is 20.5 Å². The summed E-state index contributed by atoms with van der Waals surface area (Å²) in [4.78, 5) is 25.3. The first-order valence-electron chi connectivity index (χ1n) is 10.8. The number of alkyl halides is 3. The number of carbonyl (C=O) groups is 1. The topological polar surface area (TPSA) is 110 Å². The van der Waals surface area contributed by atoms with Crippen molar-refractivity contribution in [3.05, 3.63) is 29.1 Å². The Kier molecular flexibility index (Phi) is 6.26. The Bertz CT molecular complexity index is 1110. The number of nitrogens with zero attached hydrogens (tertiary/aromatic N) is 4. The number of aromatic amines is 1. The smallest absolute Gasteiger partial charge is 0.367 e. The van der Waals surface area contributed by atoms with Gasteiger partial charge in [0.25, 0.3) is 0 Å². The Balaban J connectivity index is 1.52. The van der Waals surface area contributed by atoms with E-state index in [1.54, 1.807) is 6.20 Å². The lowest BCUT2D eigenvalue weighted by Crippen LogP contribution is -2.39. The molecule has 4 heterocycles. The van der Waals surface area contributed by atoms with Gasteiger partial charge >= 0.3 is 6.18 Å². The van der Waals surface area contributed by atoms with Gasteiger partial charge in [-0.05, 0) is 24.8 Å². The van der Waals surface area contributed by atoms with E-state index in [4.69, 9.17) is 0 Å². The number of hydrogen-bond donors (Lipinski definition) is 3. The van der Waals surface area contributed by atoms with Crippen molar-refractivity contribution in [2.75, 3.05) is 36.8 Å². The van der Waals surface area contributed by atoms with E-state index in [1.165, 1.54) is 6.20 Å². The van der Waals surface area contributed by atoms with E-state index >= 15 is 0 Å². The molecule has 1 amide bonds. The van der Waals surface area contributed by atoms with E-state index in [-0.39, 0.29) is 23.7 Å². The summed E-state index contributed by atoms with van der Waals surface area (Å²) in [5.41, 5.74) is 0.434. The van der Waals surface area contributed by atoms with Crippen LogP contribution in [0.3, 0.4) is 0 Å². The van der Waals surface area contributed by atoms with Crippen LogP contribution in [0.25, 0.3) is 17.3 Å². The molecule has 0 bridgehead atoms.